The third-order valence-electron chi connectivity index (χ3n) is 4.30. The van der Waals surface area contributed by atoms with Crippen molar-refractivity contribution in [1.82, 2.24) is 15.2 Å². The van der Waals surface area contributed by atoms with Crippen molar-refractivity contribution in [3.63, 3.8) is 0 Å². The topological polar surface area (TPSA) is 40.5 Å². The molecular formula is C18H25IN4S. The van der Waals surface area contributed by atoms with E-state index in [4.69, 9.17) is 4.98 Å². The van der Waals surface area contributed by atoms with Crippen molar-refractivity contribution in [3.8, 4) is 10.6 Å². The minimum atomic E-state index is 0. The summed E-state index contributed by atoms with van der Waals surface area (Å²) in [5.74, 6) is 1.82. The number of likely N-dealkylation sites (tertiary alicyclic amines) is 1. The van der Waals surface area contributed by atoms with Crippen LogP contribution in [0, 0.1) is 5.92 Å². The molecule has 0 aliphatic carbocycles. The number of hydrogen-bond donors (Lipinski definition) is 1. The number of thiazole rings is 1. The van der Waals surface area contributed by atoms with Gasteiger partial charge in [-0.1, -0.05) is 37.3 Å². The lowest BCUT2D eigenvalue weighted by atomic mass is 10.00. The number of aromatic nitrogens is 1. The summed E-state index contributed by atoms with van der Waals surface area (Å²) in [6.45, 7) is 5.23. The SMILES string of the molecule is CN=C(NCc1csc(-c2ccccc2)n1)N1CCC(C)CC1.I. The normalized spacial score (nSPS) is 15.9. The standard InChI is InChI=1S/C18H24N4S.HI/c1-14-8-10-22(11-9-14)18(19-2)20-12-16-13-23-17(21-16)15-6-4-3-5-7-15;/h3-7,13-14H,8-12H2,1-2H3,(H,19,20);1H. The van der Waals surface area contributed by atoms with Gasteiger partial charge in [0, 0.05) is 31.1 Å². The molecule has 0 spiro atoms. The first kappa shape index (κ1) is 19.2. The number of rotatable bonds is 3. The highest BCUT2D eigenvalue weighted by molar-refractivity contribution is 14.0. The average molecular weight is 456 g/mol. The molecule has 2 aromatic rings. The molecule has 0 saturated carbocycles. The van der Waals surface area contributed by atoms with E-state index in [2.05, 4.69) is 39.6 Å². The van der Waals surface area contributed by atoms with Crippen molar-refractivity contribution in [2.24, 2.45) is 10.9 Å². The zero-order chi connectivity index (χ0) is 16.1. The minimum Gasteiger partial charge on any atom is -0.351 e. The number of nitrogens with zero attached hydrogens (tertiary/aromatic N) is 3. The number of benzene rings is 1. The fourth-order valence-corrected chi connectivity index (χ4v) is 3.65. The second-order valence-corrected chi connectivity index (χ2v) is 6.94. The highest BCUT2D eigenvalue weighted by Gasteiger charge is 2.18. The number of guanidine groups is 1. The second-order valence-electron chi connectivity index (χ2n) is 6.08. The van der Waals surface area contributed by atoms with Gasteiger partial charge in [0.05, 0.1) is 12.2 Å². The lowest BCUT2D eigenvalue weighted by Gasteiger charge is -2.32. The van der Waals surface area contributed by atoms with Gasteiger partial charge in [-0.05, 0) is 18.8 Å². The van der Waals surface area contributed by atoms with E-state index in [1.54, 1.807) is 11.3 Å². The van der Waals surface area contributed by atoms with Crippen molar-refractivity contribution in [2.75, 3.05) is 20.1 Å². The summed E-state index contributed by atoms with van der Waals surface area (Å²) < 4.78 is 0. The Morgan fingerprint density at radius 1 is 1.29 bits per heavy atom. The third kappa shape index (κ3) is 4.92. The summed E-state index contributed by atoms with van der Waals surface area (Å²) in [6, 6.07) is 10.3. The Hall–Kier alpha value is -1.15. The van der Waals surface area contributed by atoms with Gasteiger partial charge in [-0.25, -0.2) is 4.98 Å². The second kappa shape index (κ2) is 9.36. The van der Waals surface area contributed by atoms with Crippen LogP contribution in [0.3, 0.4) is 0 Å². The summed E-state index contributed by atoms with van der Waals surface area (Å²) in [7, 11) is 1.86. The molecule has 4 nitrogen and oxygen atoms in total. The summed E-state index contributed by atoms with van der Waals surface area (Å²) in [6.07, 6.45) is 2.49. The van der Waals surface area contributed by atoms with E-state index < -0.39 is 0 Å². The Morgan fingerprint density at radius 2 is 2.00 bits per heavy atom. The lowest BCUT2D eigenvalue weighted by molar-refractivity contribution is 0.273. The van der Waals surface area contributed by atoms with Crippen molar-refractivity contribution in [2.45, 2.75) is 26.3 Å². The molecule has 0 amide bonds. The molecule has 24 heavy (non-hydrogen) atoms. The molecule has 6 heteroatoms. The molecule has 0 bridgehead atoms. The van der Waals surface area contributed by atoms with Crippen LogP contribution in [0.5, 0.6) is 0 Å². The Kier molecular flexibility index (Phi) is 7.48. The van der Waals surface area contributed by atoms with Gasteiger partial charge in [0.2, 0.25) is 0 Å². The Balaban J connectivity index is 0.00000208. The molecule has 1 aromatic carbocycles. The molecule has 130 valence electrons. The third-order valence-corrected chi connectivity index (χ3v) is 5.24. The van der Waals surface area contributed by atoms with Crippen LogP contribution in [0.15, 0.2) is 40.7 Å². The minimum absolute atomic E-state index is 0. The van der Waals surface area contributed by atoms with E-state index in [1.165, 1.54) is 18.4 Å². The molecular weight excluding hydrogens is 431 g/mol. The van der Waals surface area contributed by atoms with E-state index in [0.29, 0.717) is 0 Å². The summed E-state index contributed by atoms with van der Waals surface area (Å²) in [5, 5.41) is 6.65. The summed E-state index contributed by atoms with van der Waals surface area (Å²) in [4.78, 5) is 11.5. The molecule has 1 aromatic heterocycles. The van der Waals surface area contributed by atoms with Crippen LogP contribution in [0.1, 0.15) is 25.5 Å². The molecule has 1 aliphatic heterocycles. The number of piperidine rings is 1. The Bertz CT molecular complexity index is 648. The number of halogens is 1. The molecule has 1 fully saturated rings. The van der Waals surface area contributed by atoms with Crippen LogP contribution < -0.4 is 5.32 Å². The first-order valence-corrected chi connectivity index (χ1v) is 9.09. The predicted octanol–water partition coefficient (Wildman–Crippen LogP) is 4.24. The summed E-state index contributed by atoms with van der Waals surface area (Å²) in [5.41, 5.74) is 2.25. The fraction of sp³-hybridized carbons (Fsp3) is 0.444. The van der Waals surface area contributed by atoms with E-state index in [0.717, 1.165) is 42.2 Å². The zero-order valence-electron chi connectivity index (χ0n) is 14.2. The van der Waals surface area contributed by atoms with E-state index >= 15 is 0 Å². The number of nitrogens with one attached hydrogen (secondary N) is 1. The fourth-order valence-electron chi connectivity index (χ4n) is 2.82. The Labute approximate surface area is 165 Å². The van der Waals surface area contributed by atoms with E-state index in [1.807, 2.05) is 25.2 Å². The van der Waals surface area contributed by atoms with Crippen molar-refractivity contribution < 1.29 is 0 Å². The van der Waals surface area contributed by atoms with Gasteiger partial charge in [-0.15, -0.1) is 35.3 Å². The summed E-state index contributed by atoms with van der Waals surface area (Å²) >= 11 is 1.69. The van der Waals surface area contributed by atoms with Crippen LogP contribution in [-0.2, 0) is 6.54 Å². The molecule has 1 saturated heterocycles. The molecule has 2 heterocycles. The highest BCUT2D eigenvalue weighted by atomic mass is 127. The van der Waals surface area contributed by atoms with Gasteiger partial charge in [-0.3, -0.25) is 4.99 Å². The molecule has 1 N–H and O–H groups in total. The molecule has 3 rings (SSSR count). The van der Waals surface area contributed by atoms with E-state index in [9.17, 15) is 0 Å². The highest BCUT2D eigenvalue weighted by Crippen LogP contribution is 2.23. The average Bonchev–Trinajstić information content (AvgIpc) is 3.07. The lowest BCUT2D eigenvalue weighted by Crippen LogP contribution is -2.45. The van der Waals surface area contributed by atoms with Crippen LogP contribution in [0.25, 0.3) is 10.6 Å². The number of hydrogen-bond acceptors (Lipinski definition) is 3. The van der Waals surface area contributed by atoms with Crippen molar-refractivity contribution in [1.29, 1.82) is 0 Å². The molecule has 0 radical (unpaired) electrons. The molecule has 0 atom stereocenters. The quantitative estimate of drug-likeness (QED) is 0.427. The van der Waals surface area contributed by atoms with Crippen molar-refractivity contribution >= 4 is 41.3 Å². The largest absolute Gasteiger partial charge is 0.351 e. The van der Waals surface area contributed by atoms with Crippen LogP contribution in [0.4, 0.5) is 0 Å². The Morgan fingerprint density at radius 3 is 2.67 bits per heavy atom. The van der Waals surface area contributed by atoms with Crippen LogP contribution in [0.2, 0.25) is 0 Å². The van der Waals surface area contributed by atoms with E-state index in [-0.39, 0.29) is 24.0 Å². The van der Waals surface area contributed by atoms with Crippen molar-refractivity contribution in [3.05, 3.63) is 41.4 Å². The number of aliphatic imine (C=N–C) groups is 1. The van der Waals surface area contributed by atoms with Gasteiger partial charge in [0.15, 0.2) is 5.96 Å². The molecule has 1 aliphatic rings. The van der Waals surface area contributed by atoms with Gasteiger partial charge in [0.25, 0.3) is 0 Å². The molecule has 0 unspecified atom stereocenters. The van der Waals surface area contributed by atoms with Gasteiger partial charge in [0.1, 0.15) is 5.01 Å². The van der Waals surface area contributed by atoms with Gasteiger partial charge >= 0.3 is 0 Å². The first-order chi connectivity index (χ1) is 11.3. The smallest absolute Gasteiger partial charge is 0.193 e. The first-order valence-electron chi connectivity index (χ1n) is 8.21. The maximum absolute atomic E-state index is 4.73. The maximum Gasteiger partial charge on any atom is 0.193 e. The maximum atomic E-state index is 4.73. The van der Waals surface area contributed by atoms with Gasteiger partial charge in [-0.2, -0.15) is 0 Å². The van der Waals surface area contributed by atoms with Gasteiger partial charge < -0.3 is 10.2 Å². The van der Waals surface area contributed by atoms with Crippen LogP contribution >= 0.6 is 35.3 Å². The predicted molar refractivity (Wildman–Crippen MR) is 113 cm³/mol. The zero-order valence-corrected chi connectivity index (χ0v) is 17.4. The monoisotopic (exact) mass is 456 g/mol. The van der Waals surface area contributed by atoms with Crippen LogP contribution in [-0.4, -0.2) is 36.0 Å².